The molecule has 0 radical (unpaired) electrons. The van der Waals surface area contributed by atoms with Gasteiger partial charge in [0.2, 0.25) is 0 Å². The van der Waals surface area contributed by atoms with Gasteiger partial charge in [-0.1, -0.05) is 38.1 Å². The van der Waals surface area contributed by atoms with E-state index in [0.29, 0.717) is 5.92 Å². The summed E-state index contributed by atoms with van der Waals surface area (Å²) < 4.78 is 10.6. The van der Waals surface area contributed by atoms with E-state index < -0.39 is 19.6 Å². The molecule has 0 aliphatic heterocycles. The van der Waals surface area contributed by atoms with Crippen molar-refractivity contribution < 1.29 is 14.3 Å². The fourth-order valence-corrected chi connectivity index (χ4v) is 3.23. The zero-order chi connectivity index (χ0) is 16.6. The van der Waals surface area contributed by atoms with Crippen LogP contribution in [0.5, 0.6) is 0 Å². The molecule has 0 aromatic carbocycles. The highest BCUT2D eigenvalue weighted by Crippen LogP contribution is 2.39. The van der Waals surface area contributed by atoms with Crippen molar-refractivity contribution in [3.63, 3.8) is 0 Å². The second kappa shape index (κ2) is 8.24. The lowest BCUT2D eigenvalue weighted by atomic mass is 9.74. The van der Waals surface area contributed by atoms with Crippen molar-refractivity contribution in [1.82, 2.24) is 0 Å². The summed E-state index contributed by atoms with van der Waals surface area (Å²) in [6.07, 6.45) is 9.86. The van der Waals surface area contributed by atoms with Crippen molar-refractivity contribution in [2.45, 2.75) is 57.3 Å². The Morgan fingerprint density at radius 1 is 1.41 bits per heavy atom. The maximum atomic E-state index is 11.2. The molecule has 0 aromatic rings. The summed E-state index contributed by atoms with van der Waals surface area (Å²) in [5, 5.41) is 0. The Kier molecular flexibility index (Phi) is 6.95. The monoisotopic (exact) mass is 320 g/mol. The van der Waals surface area contributed by atoms with E-state index in [1.54, 1.807) is 0 Å². The van der Waals surface area contributed by atoms with Crippen LogP contribution in [0.1, 0.15) is 32.1 Å². The van der Waals surface area contributed by atoms with E-state index in [9.17, 15) is 4.79 Å². The van der Waals surface area contributed by atoms with Crippen LogP contribution in [-0.4, -0.2) is 26.8 Å². The van der Waals surface area contributed by atoms with Crippen molar-refractivity contribution in [2.75, 3.05) is 7.11 Å². The maximum Gasteiger partial charge on any atom is 0.333 e. The first-order valence-electron chi connectivity index (χ1n) is 7.90. The summed E-state index contributed by atoms with van der Waals surface area (Å²) in [6, 6.07) is 0. The second-order valence-electron chi connectivity index (χ2n) is 6.80. The molecule has 3 nitrogen and oxygen atoms in total. The molecule has 0 N–H and O–H groups in total. The lowest BCUT2D eigenvalue weighted by Crippen LogP contribution is -2.41. The molecule has 2 atom stereocenters. The van der Waals surface area contributed by atoms with Gasteiger partial charge in [0.15, 0.2) is 5.60 Å². The highest BCUT2D eigenvalue weighted by molar-refractivity contribution is 6.83. The molecule has 0 amide bonds. The van der Waals surface area contributed by atoms with Crippen LogP contribution in [0.2, 0.25) is 19.6 Å². The first-order chi connectivity index (χ1) is 10.3. The molecule has 0 spiro atoms. The quantitative estimate of drug-likeness (QED) is 0.191. The first kappa shape index (κ1) is 18.6. The van der Waals surface area contributed by atoms with E-state index in [2.05, 4.69) is 42.4 Å². The van der Waals surface area contributed by atoms with Gasteiger partial charge in [-0.25, -0.2) is 4.79 Å². The van der Waals surface area contributed by atoms with Gasteiger partial charge in [0.05, 0.1) is 19.4 Å². The number of hydrogen-bond donors (Lipinski definition) is 0. The second-order valence-corrected chi connectivity index (χ2v) is 11.6. The van der Waals surface area contributed by atoms with Crippen LogP contribution in [-0.2, 0) is 14.3 Å². The van der Waals surface area contributed by atoms with Gasteiger partial charge in [0.1, 0.15) is 8.07 Å². The zero-order valence-electron chi connectivity index (χ0n) is 14.3. The summed E-state index contributed by atoms with van der Waals surface area (Å²) in [6.45, 7) is 10.5. The molecule has 122 valence electrons. The predicted octanol–water partition coefficient (Wildman–Crippen LogP) is 4.08. The number of carbonyl (C=O) groups excluding carboxylic acids is 1. The third kappa shape index (κ3) is 5.73. The van der Waals surface area contributed by atoms with Gasteiger partial charge in [-0.2, -0.15) is 0 Å². The number of rotatable bonds is 5. The summed E-state index contributed by atoms with van der Waals surface area (Å²) >= 11 is 0. The van der Waals surface area contributed by atoms with E-state index in [-0.39, 0.29) is 0 Å². The molecule has 0 saturated heterocycles. The molecule has 1 saturated carbocycles. The molecule has 1 aliphatic carbocycles. The van der Waals surface area contributed by atoms with Gasteiger partial charge >= 0.3 is 5.97 Å². The van der Waals surface area contributed by atoms with Crippen LogP contribution in [0, 0.1) is 17.4 Å². The van der Waals surface area contributed by atoms with Crippen molar-refractivity contribution in [1.29, 1.82) is 0 Å². The van der Waals surface area contributed by atoms with Crippen LogP contribution >= 0.6 is 0 Å². The maximum absolute atomic E-state index is 11.2. The molecule has 0 aromatic heterocycles. The molecule has 1 aliphatic rings. The third-order valence-electron chi connectivity index (χ3n) is 3.79. The van der Waals surface area contributed by atoms with E-state index in [1.807, 2.05) is 6.08 Å². The van der Waals surface area contributed by atoms with Crippen LogP contribution in [0.3, 0.4) is 0 Å². The number of ether oxygens (including phenoxy) is 2. The summed E-state index contributed by atoms with van der Waals surface area (Å²) in [5.74, 6) is 3.35. The minimum atomic E-state index is -1.49. The smallest absolute Gasteiger partial charge is 0.333 e. The minimum Gasteiger partial charge on any atom is -0.482 e. The Morgan fingerprint density at radius 2 is 2.14 bits per heavy atom. The van der Waals surface area contributed by atoms with Crippen LogP contribution in [0.25, 0.3) is 0 Å². The Balaban J connectivity index is 3.05. The number of methoxy groups -OCH3 is 1. The number of carbonyl (C=O) groups is 1. The van der Waals surface area contributed by atoms with Crippen molar-refractivity contribution in [2.24, 2.45) is 5.92 Å². The molecule has 0 heterocycles. The summed E-state index contributed by atoms with van der Waals surface area (Å²) in [7, 11) is -0.136. The molecule has 1 rings (SSSR count). The average Bonchev–Trinajstić information content (AvgIpc) is 2.47. The van der Waals surface area contributed by atoms with E-state index in [1.165, 1.54) is 25.9 Å². The molecular weight excluding hydrogens is 292 g/mol. The Labute approximate surface area is 135 Å². The molecular formula is C18H28O3Si. The Bertz CT molecular complexity index is 479. The van der Waals surface area contributed by atoms with Gasteiger partial charge < -0.3 is 9.47 Å². The zero-order valence-corrected chi connectivity index (χ0v) is 15.3. The molecule has 22 heavy (non-hydrogen) atoms. The predicted molar refractivity (Wildman–Crippen MR) is 92.9 cm³/mol. The first-order valence-corrected chi connectivity index (χ1v) is 11.4. The van der Waals surface area contributed by atoms with Gasteiger partial charge in [-0.05, 0) is 25.7 Å². The Morgan fingerprint density at radius 3 is 2.73 bits per heavy atom. The normalized spacial score (nSPS) is 25.2. The van der Waals surface area contributed by atoms with E-state index in [0.717, 1.165) is 25.7 Å². The number of allylic oxidation sites excluding steroid dienone is 1. The third-order valence-corrected chi connectivity index (χ3v) is 4.67. The van der Waals surface area contributed by atoms with Gasteiger partial charge in [0.25, 0.3) is 0 Å². The highest BCUT2D eigenvalue weighted by atomic mass is 28.3. The Hall–Kier alpha value is -1.47. The number of esters is 1. The van der Waals surface area contributed by atoms with E-state index in [4.69, 9.17) is 4.74 Å². The fraction of sp³-hybridized carbons (Fsp3) is 0.611. The van der Waals surface area contributed by atoms with Crippen LogP contribution in [0.15, 0.2) is 25.0 Å². The van der Waals surface area contributed by atoms with Gasteiger partial charge in [-0.15, -0.1) is 12.1 Å². The summed E-state index contributed by atoms with van der Waals surface area (Å²) in [4.78, 5) is 11.2. The van der Waals surface area contributed by atoms with E-state index >= 15 is 0 Å². The van der Waals surface area contributed by atoms with Crippen molar-refractivity contribution >= 4 is 14.0 Å². The van der Waals surface area contributed by atoms with Crippen LogP contribution in [0.4, 0.5) is 0 Å². The molecule has 2 unspecified atom stereocenters. The lowest BCUT2D eigenvalue weighted by molar-refractivity contribution is -0.135. The molecule has 0 bridgehead atoms. The minimum absolute atomic E-state index is 0.324. The molecule has 4 heteroatoms. The standard InChI is InChI=1S/C18H28O3Si/c1-6-9-16-10-7-8-12-18(16,13-15-22(3,4)5)21-14-11-17(19)20-2/h6,11,14,16H,1,7-10,12H2,2-5H3/b14-11+. The van der Waals surface area contributed by atoms with Gasteiger partial charge in [0, 0.05) is 5.92 Å². The highest BCUT2D eigenvalue weighted by Gasteiger charge is 2.40. The van der Waals surface area contributed by atoms with Gasteiger partial charge in [-0.3, -0.25) is 0 Å². The fourth-order valence-electron chi connectivity index (χ4n) is 2.65. The SMILES string of the molecule is C=CCC1CCCCC1(C#C[Si](C)(C)C)O/C=C/C(=O)OC. The topological polar surface area (TPSA) is 35.5 Å². The molecule has 1 fully saturated rings. The van der Waals surface area contributed by atoms with Crippen molar-refractivity contribution in [3.05, 3.63) is 25.0 Å². The number of hydrogen-bond acceptors (Lipinski definition) is 3. The average molecular weight is 321 g/mol. The summed E-state index contributed by atoms with van der Waals surface area (Å²) in [5.41, 5.74) is 2.95. The lowest BCUT2D eigenvalue weighted by Gasteiger charge is -2.39. The van der Waals surface area contributed by atoms with Crippen molar-refractivity contribution in [3.8, 4) is 11.5 Å². The van der Waals surface area contributed by atoms with Crippen LogP contribution < -0.4 is 0 Å². The largest absolute Gasteiger partial charge is 0.482 e.